The lowest BCUT2D eigenvalue weighted by Gasteiger charge is -2.09. The highest BCUT2D eigenvalue weighted by Crippen LogP contribution is 2.08. The molecule has 3 nitrogen and oxygen atoms in total. The van der Waals surface area contributed by atoms with Crippen molar-refractivity contribution < 1.29 is 0 Å². The third-order valence-corrected chi connectivity index (χ3v) is 2.20. The molecule has 3 heteroatoms. The summed E-state index contributed by atoms with van der Waals surface area (Å²) in [5.41, 5.74) is 0.974. The zero-order valence-corrected chi connectivity index (χ0v) is 7.56. The Morgan fingerprint density at radius 1 is 1.31 bits per heavy atom. The van der Waals surface area contributed by atoms with Gasteiger partial charge in [0.15, 0.2) is 0 Å². The summed E-state index contributed by atoms with van der Waals surface area (Å²) in [6.45, 7) is 2.36. The van der Waals surface area contributed by atoms with Gasteiger partial charge < -0.3 is 4.90 Å². The fourth-order valence-corrected chi connectivity index (χ4v) is 1.47. The summed E-state index contributed by atoms with van der Waals surface area (Å²) in [5.74, 6) is 0. The maximum Gasteiger partial charge on any atom is 0.115 e. The molecule has 2 rings (SSSR count). The smallest absolute Gasteiger partial charge is 0.115 e. The molecule has 0 aliphatic carbocycles. The molecular formula is C10H13N3. The molecule has 0 unspecified atom stereocenters. The van der Waals surface area contributed by atoms with Gasteiger partial charge in [-0.25, -0.2) is 9.97 Å². The quantitative estimate of drug-likeness (QED) is 0.682. The zero-order chi connectivity index (χ0) is 8.93. The van der Waals surface area contributed by atoms with E-state index in [1.807, 2.05) is 12.1 Å². The minimum absolute atomic E-state index is 0.974. The van der Waals surface area contributed by atoms with Crippen LogP contribution in [0.25, 0.3) is 6.08 Å². The number of likely N-dealkylation sites (tertiary alicyclic amines) is 1. The Kier molecular flexibility index (Phi) is 2.55. The zero-order valence-electron chi connectivity index (χ0n) is 7.56. The second-order valence-electron chi connectivity index (χ2n) is 3.19. The fourth-order valence-electron chi connectivity index (χ4n) is 1.47. The van der Waals surface area contributed by atoms with E-state index < -0.39 is 0 Å². The highest BCUT2D eigenvalue weighted by molar-refractivity contribution is 5.42. The Hall–Kier alpha value is -1.38. The lowest BCUT2D eigenvalue weighted by molar-refractivity contribution is 0.471. The summed E-state index contributed by atoms with van der Waals surface area (Å²) >= 11 is 0. The molecule has 0 radical (unpaired) electrons. The van der Waals surface area contributed by atoms with Crippen molar-refractivity contribution in [3.8, 4) is 0 Å². The van der Waals surface area contributed by atoms with Crippen LogP contribution in [0.2, 0.25) is 0 Å². The first-order valence-corrected chi connectivity index (χ1v) is 4.63. The van der Waals surface area contributed by atoms with Crippen molar-refractivity contribution in [3.63, 3.8) is 0 Å². The van der Waals surface area contributed by atoms with Crippen molar-refractivity contribution in [2.45, 2.75) is 12.8 Å². The summed E-state index contributed by atoms with van der Waals surface area (Å²) in [6.07, 6.45) is 10.1. The number of aromatic nitrogens is 2. The molecule has 0 atom stereocenters. The number of nitrogens with zero attached hydrogens (tertiary/aromatic N) is 3. The van der Waals surface area contributed by atoms with E-state index in [1.165, 1.54) is 25.9 Å². The monoisotopic (exact) mass is 175 g/mol. The normalized spacial score (nSPS) is 17.1. The molecule has 1 fully saturated rings. The van der Waals surface area contributed by atoms with E-state index in [0.717, 1.165) is 5.69 Å². The van der Waals surface area contributed by atoms with Gasteiger partial charge in [0.2, 0.25) is 0 Å². The van der Waals surface area contributed by atoms with Crippen molar-refractivity contribution in [1.29, 1.82) is 0 Å². The van der Waals surface area contributed by atoms with Crippen molar-refractivity contribution in [2.24, 2.45) is 0 Å². The SMILES string of the molecule is C(=C\N1CCCC1)/c1ccncn1. The van der Waals surface area contributed by atoms with Crippen LogP contribution in [0.15, 0.2) is 24.8 Å². The molecule has 0 bridgehead atoms. The molecule has 0 saturated carbocycles. The molecule has 1 aromatic heterocycles. The van der Waals surface area contributed by atoms with Crippen LogP contribution in [-0.4, -0.2) is 28.0 Å². The first kappa shape index (κ1) is 8.23. The standard InChI is InChI=1S/C10H13N3/c1-2-7-13(6-1)8-4-10-3-5-11-9-12-10/h3-5,8-9H,1-2,6-7H2/b8-4+. The summed E-state index contributed by atoms with van der Waals surface area (Å²) in [7, 11) is 0. The fraction of sp³-hybridized carbons (Fsp3) is 0.400. The highest BCUT2D eigenvalue weighted by atomic mass is 15.1. The van der Waals surface area contributed by atoms with E-state index in [9.17, 15) is 0 Å². The molecule has 0 amide bonds. The van der Waals surface area contributed by atoms with Crippen LogP contribution in [0.1, 0.15) is 18.5 Å². The van der Waals surface area contributed by atoms with E-state index in [2.05, 4.69) is 21.1 Å². The van der Waals surface area contributed by atoms with E-state index in [0.29, 0.717) is 0 Å². The van der Waals surface area contributed by atoms with Crippen LogP contribution in [0, 0.1) is 0 Å². The maximum atomic E-state index is 4.12. The van der Waals surface area contributed by atoms with E-state index >= 15 is 0 Å². The van der Waals surface area contributed by atoms with Crippen molar-refractivity contribution in [3.05, 3.63) is 30.5 Å². The summed E-state index contributed by atoms with van der Waals surface area (Å²) in [6, 6.07) is 1.91. The average molecular weight is 175 g/mol. The van der Waals surface area contributed by atoms with Gasteiger partial charge in [0.25, 0.3) is 0 Å². The molecule has 0 aromatic carbocycles. The van der Waals surface area contributed by atoms with Crippen LogP contribution >= 0.6 is 0 Å². The molecule has 1 aromatic rings. The second kappa shape index (κ2) is 4.03. The van der Waals surface area contributed by atoms with Gasteiger partial charge in [-0.2, -0.15) is 0 Å². The van der Waals surface area contributed by atoms with Gasteiger partial charge in [-0.15, -0.1) is 0 Å². The van der Waals surface area contributed by atoms with Gasteiger partial charge in [0.05, 0.1) is 5.69 Å². The number of hydrogen-bond acceptors (Lipinski definition) is 3. The maximum absolute atomic E-state index is 4.12. The minimum Gasteiger partial charge on any atom is -0.377 e. The van der Waals surface area contributed by atoms with Crippen LogP contribution in [0.3, 0.4) is 0 Å². The van der Waals surface area contributed by atoms with Gasteiger partial charge in [-0.05, 0) is 25.0 Å². The topological polar surface area (TPSA) is 29.0 Å². The van der Waals surface area contributed by atoms with E-state index in [4.69, 9.17) is 0 Å². The van der Waals surface area contributed by atoms with Crippen LogP contribution in [-0.2, 0) is 0 Å². The van der Waals surface area contributed by atoms with E-state index in [-0.39, 0.29) is 0 Å². The Bertz CT molecular complexity index is 275. The summed E-state index contributed by atoms with van der Waals surface area (Å²) in [4.78, 5) is 10.3. The van der Waals surface area contributed by atoms with E-state index in [1.54, 1.807) is 12.5 Å². The van der Waals surface area contributed by atoms with Gasteiger partial charge in [0.1, 0.15) is 6.33 Å². The molecule has 1 aliphatic heterocycles. The Morgan fingerprint density at radius 3 is 2.85 bits per heavy atom. The Labute approximate surface area is 78.1 Å². The number of hydrogen-bond donors (Lipinski definition) is 0. The molecule has 1 aliphatic rings. The third-order valence-electron chi connectivity index (χ3n) is 2.20. The molecular weight excluding hydrogens is 162 g/mol. The number of rotatable bonds is 2. The molecule has 0 N–H and O–H groups in total. The summed E-state index contributed by atoms with van der Waals surface area (Å²) < 4.78 is 0. The van der Waals surface area contributed by atoms with Crippen molar-refractivity contribution in [1.82, 2.24) is 14.9 Å². The summed E-state index contributed by atoms with van der Waals surface area (Å²) in [5, 5.41) is 0. The molecule has 68 valence electrons. The van der Waals surface area contributed by atoms with Gasteiger partial charge in [-0.1, -0.05) is 0 Å². The third kappa shape index (κ3) is 2.28. The van der Waals surface area contributed by atoms with Gasteiger partial charge >= 0.3 is 0 Å². The Balaban J connectivity index is 1.97. The van der Waals surface area contributed by atoms with Crippen LogP contribution < -0.4 is 0 Å². The van der Waals surface area contributed by atoms with Crippen molar-refractivity contribution >= 4 is 6.08 Å². The Morgan fingerprint density at radius 2 is 2.15 bits per heavy atom. The molecule has 1 saturated heterocycles. The first-order valence-electron chi connectivity index (χ1n) is 4.63. The minimum atomic E-state index is 0.974. The van der Waals surface area contributed by atoms with Gasteiger partial charge in [-0.3, -0.25) is 0 Å². The van der Waals surface area contributed by atoms with Crippen LogP contribution in [0.4, 0.5) is 0 Å². The molecule has 2 heterocycles. The average Bonchev–Trinajstić information content (AvgIpc) is 2.69. The van der Waals surface area contributed by atoms with Crippen LogP contribution in [0.5, 0.6) is 0 Å². The predicted octanol–water partition coefficient (Wildman–Crippen LogP) is 1.54. The molecule has 13 heavy (non-hydrogen) atoms. The lowest BCUT2D eigenvalue weighted by Crippen LogP contribution is -2.09. The van der Waals surface area contributed by atoms with Crippen molar-refractivity contribution in [2.75, 3.05) is 13.1 Å². The second-order valence-corrected chi connectivity index (χ2v) is 3.19. The lowest BCUT2D eigenvalue weighted by atomic mass is 10.4. The largest absolute Gasteiger partial charge is 0.377 e. The highest BCUT2D eigenvalue weighted by Gasteiger charge is 2.05. The van der Waals surface area contributed by atoms with Gasteiger partial charge in [0, 0.05) is 25.5 Å². The first-order chi connectivity index (χ1) is 6.45. The molecule has 0 spiro atoms. The predicted molar refractivity (Wildman–Crippen MR) is 51.9 cm³/mol.